The van der Waals surface area contributed by atoms with Gasteiger partial charge in [-0.3, -0.25) is 0 Å². The Balaban J connectivity index is 1.88. The van der Waals surface area contributed by atoms with Gasteiger partial charge in [0.25, 0.3) is 0 Å². The summed E-state index contributed by atoms with van der Waals surface area (Å²) in [5, 5.41) is 21.0. The minimum absolute atomic E-state index is 0.105. The summed E-state index contributed by atoms with van der Waals surface area (Å²) in [6.07, 6.45) is 4.61. The zero-order valence-corrected chi connectivity index (χ0v) is 9.69. The maximum absolute atomic E-state index is 9.41. The molecule has 1 fully saturated rings. The van der Waals surface area contributed by atoms with Crippen LogP contribution in [-0.4, -0.2) is 27.4 Å². The molecule has 1 aromatic heterocycles. The molecular weight excluding hydrogens is 202 g/mol. The normalized spacial score (nSPS) is 25.4. The van der Waals surface area contributed by atoms with Crippen LogP contribution in [0.5, 0.6) is 0 Å². The Morgan fingerprint density at radius 3 is 2.56 bits per heavy atom. The summed E-state index contributed by atoms with van der Waals surface area (Å²) < 4.78 is 0. The molecular formula is C12H19N3O. The van der Waals surface area contributed by atoms with E-state index in [0.717, 1.165) is 43.6 Å². The molecule has 1 aliphatic rings. The first-order valence-corrected chi connectivity index (χ1v) is 6.05. The first kappa shape index (κ1) is 11.3. The topological polar surface area (TPSA) is 58.0 Å². The van der Waals surface area contributed by atoms with Crippen LogP contribution in [0.3, 0.4) is 0 Å². The second-order valence-electron chi connectivity index (χ2n) is 4.41. The predicted molar refractivity (Wildman–Crippen MR) is 63.3 cm³/mol. The highest BCUT2D eigenvalue weighted by Gasteiger charge is 2.19. The molecule has 4 heteroatoms. The van der Waals surface area contributed by atoms with E-state index in [1.165, 1.54) is 0 Å². The van der Waals surface area contributed by atoms with Gasteiger partial charge in [-0.05, 0) is 44.2 Å². The van der Waals surface area contributed by atoms with Crippen LogP contribution in [0.1, 0.15) is 38.3 Å². The van der Waals surface area contributed by atoms with Gasteiger partial charge in [0.2, 0.25) is 0 Å². The van der Waals surface area contributed by atoms with E-state index in [9.17, 15) is 5.11 Å². The van der Waals surface area contributed by atoms with Crippen molar-refractivity contribution in [1.82, 2.24) is 10.2 Å². The highest BCUT2D eigenvalue weighted by molar-refractivity contribution is 5.34. The smallest absolute Gasteiger partial charge is 0.148 e. The number of anilines is 1. The van der Waals surface area contributed by atoms with Crippen molar-refractivity contribution in [3.63, 3.8) is 0 Å². The van der Waals surface area contributed by atoms with Gasteiger partial charge in [-0.25, -0.2) is 0 Å². The molecule has 2 N–H and O–H groups in total. The second kappa shape index (κ2) is 5.25. The molecule has 0 spiro atoms. The molecule has 1 heterocycles. The zero-order valence-electron chi connectivity index (χ0n) is 9.69. The van der Waals surface area contributed by atoms with Crippen molar-refractivity contribution in [3.8, 4) is 0 Å². The lowest BCUT2D eigenvalue weighted by Gasteiger charge is -2.26. The van der Waals surface area contributed by atoms with Crippen molar-refractivity contribution in [1.29, 1.82) is 0 Å². The number of rotatable bonds is 3. The summed E-state index contributed by atoms with van der Waals surface area (Å²) >= 11 is 0. The number of aryl methyl sites for hydroxylation is 1. The number of nitrogens with one attached hydrogen (secondary N) is 1. The highest BCUT2D eigenvalue weighted by Crippen LogP contribution is 2.21. The highest BCUT2D eigenvalue weighted by atomic mass is 16.3. The first-order valence-electron chi connectivity index (χ1n) is 6.05. The number of nitrogens with zero attached hydrogens (tertiary/aromatic N) is 2. The molecule has 0 radical (unpaired) electrons. The van der Waals surface area contributed by atoms with E-state index < -0.39 is 0 Å². The van der Waals surface area contributed by atoms with Gasteiger partial charge in [-0.15, -0.1) is 5.10 Å². The molecule has 1 aromatic rings. The minimum Gasteiger partial charge on any atom is -0.393 e. The van der Waals surface area contributed by atoms with Gasteiger partial charge in [0, 0.05) is 6.04 Å². The molecule has 4 nitrogen and oxygen atoms in total. The third-order valence-electron chi connectivity index (χ3n) is 3.13. The molecule has 88 valence electrons. The van der Waals surface area contributed by atoms with Gasteiger partial charge in [0.15, 0.2) is 0 Å². The lowest BCUT2D eigenvalue weighted by molar-refractivity contribution is 0.126. The van der Waals surface area contributed by atoms with Crippen molar-refractivity contribution < 1.29 is 5.11 Å². The SMILES string of the molecule is CCc1ccc(NC2CCC(O)CC2)nn1. The lowest BCUT2D eigenvalue weighted by Crippen LogP contribution is -2.28. The van der Waals surface area contributed by atoms with E-state index in [1.54, 1.807) is 0 Å². The van der Waals surface area contributed by atoms with Crippen LogP contribution in [0.25, 0.3) is 0 Å². The monoisotopic (exact) mass is 221 g/mol. The summed E-state index contributed by atoms with van der Waals surface area (Å²) in [7, 11) is 0. The van der Waals surface area contributed by atoms with Gasteiger partial charge in [-0.1, -0.05) is 6.92 Å². The number of aromatic nitrogens is 2. The molecule has 1 saturated carbocycles. The summed E-state index contributed by atoms with van der Waals surface area (Å²) in [6, 6.07) is 4.43. The Kier molecular flexibility index (Phi) is 3.72. The van der Waals surface area contributed by atoms with Crippen molar-refractivity contribution in [2.45, 2.75) is 51.2 Å². The van der Waals surface area contributed by atoms with Crippen LogP contribution in [0.15, 0.2) is 12.1 Å². The van der Waals surface area contributed by atoms with Gasteiger partial charge in [-0.2, -0.15) is 5.10 Å². The van der Waals surface area contributed by atoms with Crippen molar-refractivity contribution >= 4 is 5.82 Å². The van der Waals surface area contributed by atoms with Gasteiger partial charge >= 0.3 is 0 Å². The van der Waals surface area contributed by atoms with Gasteiger partial charge in [0.05, 0.1) is 11.8 Å². The summed E-state index contributed by atoms with van der Waals surface area (Å²) in [5.41, 5.74) is 1.02. The fourth-order valence-electron chi connectivity index (χ4n) is 2.05. The van der Waals surface area contributed by atoms with E-state index >= 15 is 0 Å². The Bertz CT molecular complexity index is 318. The molecule has 0 atom stereocenters. The van der Waals surface area contributed by atoms with Crippen LogP contribution in [0.2, 0.25) is 0 Å². The van der Waals surface area contributed by atoms with Gasteiger partial charge in [0.1, 0.15) is 5.82 Å². The van der Waals surface area contributed by atoms with Crippen LogP contribution in [-0.2, 0) is 6.42 Å². The average molecular weight is 221 g/mol. The summed E-state index contributed by atoms with van der Waals surface area (Å²) in [5.74, 6) is 0.846. The first-order chi connectivity index (χ1) is 7.78. The van der Waals surface area contributed by atoms with Crippen LogP contribution >= 0.6 is 0 Å². The zero-order chi connectivity index (χ0) is 11.4. The Morgan fingerprint density at radius 1 is 1.25 bits per heavy atom. The van der Waals surface area contributed by atoms with Crippen molar-refractivity contribution in [2.24, 2.45) is 0 Å². The maximum Gasteiger partial charge on any atom is 0.148 e. The third-order valence-corrected chi connectivity index (χ3v) is 3.13. The molecule has 0 unspecified atom stereocenters. The number of hydrogen-bond acceptors (Lipinski definition) is 4. The Hall–Kier alpha value is -1.16. The second-order valence-corrected chi connectivity index (χ2v) is 4.41. The minimum atomic E-state index is -0.105. The molecule has 1 aliphatic carbocycles. The Morgan fingerprint density at radius 2 is 2.00 bits per heavy atom. The fourth-order valence-corrected chi connectivity index (χ4v) is 2.05. The quantitative estimate of drug-likeness (QED) is 0.816. The van der Waals surface area contributed by atoms with E-state index in [-0.39, 0.29) is 6.10 Å². The average Bonchev–Trinajstić information content (AvgIpc) is 2.33. The molecule has 0 aliphatic heterocycles. The van der Waals surface area contributed by atoms with E-state index in [1.807, 2.05) is 12.1 Å². The maximum atomic E-state index is 9.41. The summed E-state index contributed by atoms with van der Waals surface area (Å²) in [6.45, 7) is 2.07. The predicted octanol–water partition coefficient (Wildman–Crippen LogP) is 1.75. The number of hydrogen-bond donors (Lipinski definition) is 2. The van der Waals surface area contributed by atoms with Crippen LogP contribution in [0, 0.1) is 0 Å². The fraction of sp³-hybridized carbons (Fsp3) is 0.667. The van der Waals surface area contributed by atoms with Crippen molar-refractivity contribution in [3.05, 3.63) is 17.8 Å². The molecule has 16 heavy (non-hydrogen) atoms. The lowest BCUT2D eigenvalue weighted by atomic mass is 9.93. The molecule has 2 rings (SSSR count). The number of aliphatic hydroxyl groups is 1. The van der Waals surface area contributed by atoms with Crippen molar-refractivity contribution in [2.75, 3.05) is 5.32 Å². The largest absolute Gasteiger partial charge is 0.393 e. The molecule has 0 saturated heterocycles. The number of aliphatic hydroxyl groups excluding tert-OH is 1. The van der Waals surface area contributed by atoms with Crippen LogP contribution < -0.4 is 5.32 Å². The third kappa shape index (κ3) is 2.92. The van der Waals surface area contributed by atoms with E-state index in [4.69, 9.17) is 0 Å². The molecule has 0 amide bonds. The molecule has 0 bridgehead atoms. The van der Waals surface area contributed by atoms with Crippen LogP contribution in [0.4, 0.5) is 5.82 Å². The van der Waals surface area contributed by atoms with E-state index in [0.29, 0.717) is 6.04 Å². The standard InChI is InChI=1S/C12H19N3O/c1-2-9-5-8-12(15-14-9)13-10-3-6-11(16)7-4-10/h5,8,10-11,16H,2-4,6-7H2,1H3,(H,13,15). The van der Waals surface area contributed by atoms with Gasteiger partial charge < -0.3 is 10.4 Å². The summed E-state index contributed by atoms with van der Waals surface area (Å²) in [4.78, 5) is 0. The van der Waals surface area contributed by atoms with E-state index in [2.05, 4.69) is 22.4 Å². The molecule has 0 aromatic carbocycles. The Labute approximate surface area is 96.1 Å².